The van der Waals surface area contributed by atoms with Crippen molar-refractivity contribution >= 4 is 59.0 Å². The van der Waals surface area contributed by atoms with Gasteiger partial charge in [0.1, 0.15) is 5.75 Å². The first-order chi connectivity index (χ1) is 24.9. The van der Waals surface area contributed by atoms with E-state index in [1.54, 1.807) is 14.7 Å². The van der Waals surface area contributed by atoms with Crippen LogP contribution in [-0.4, -0.2) is 66.7 Å². The number of amides is 3. The maximum absolute atomic E-state index is 15.0. The van der Waals surface area contributed by atoms with Crippen LogP contribution in [0.3, 0.4) is 0 Å². The van der Waals surface area contributed by atoms with Crippen LogP contribution in [0.2, 0.25) is 18.6 Å². The average molecular weight is 785 g/mol. The molecule has 270 valence electrons. The van der Waals surface area contributed by atoms with E-state index in [9.17, 15) is 19.5 Å². The smallest absolute Gasteiger partial charge is 0.269 e. The van der Waals surface area contributed by atoms with E-state index in [0.717, 1.165) is 15.6 Å². The van der Waals surface area contributed by atoms with Crippen LogP contribution in [-0.2, 0) is 37.8 Å². The summed E-state index contributed by atoms with van der Waals surface area (Å²) < 4.78 is 13.4. The minimum atomic E-state index is -3.04. The van der Waals surface area contributed by atoms with E-state index in [1.807, 2.05) is 117 Å². The molecule has 3 aliphatic heterocycles. The molecule has 10 nitrogen and oxygen atoms in total. The fourth-order valence-corrected chi connectivity index (χ4v) is 11.2. The van der Waals surface area contributed by atoms with Gasteiger partial charge in [0, 0.05) is 40.3 Å². The second-order valence-electron chi connectivity index (χ2n) is 14.3. The Morgan fingerprint density at radius 3 is 2.44 bits per heavy atom. The molecule has 2 N–H and O–H groups in total. The molecule has 3 amide bonds. The first-order valence-corrected chi connectivity index (χ1v) is 21.3. The number of fused-ring (bicyclic) bond motifs is 3. The van der Waals surface area contributed by atoms with Crippen LogP contribution in [0, 0.1) is 5.92 Å². The van der Waals surface area contributed by atoms with Crippen molar-refractivity contribution in [1.82, 2.24) is 4.90 Å². The Kier molecular flexibility index (Phi) is 9.87. The van der Waals surface area contributed by atoms with E-state index in [2.05, 4.69) is 15.9 Å². The summed E-state index contributed by atoms with van der Waals surface area (Å²) in [7, 11) is -3.04. The summed E-state index contributed by atoms with van der Waals surface area (Å²) in [5.74, 6) is -0.520. The molecule has 4 aromatic carbocycles. The molecule has 0 aromatic heterocycles. The van der Waals surface area contributed by atoms with E-state index >= 15 is 4.79 Å². The predicted octanol–water partition coefficient (Wildman–Crippen LogP) is 6.26. The molecule has 7 rings (SSSR count). The maximum atomic E-state index is 15.0. The summed E-state index contributed by atoms with van der Waals surface area (Å²) in [5.41, 5.74) is 2.53. The highest BCUT2D eigenvalue weighted by molar-refractivity contribution is 9.10. The number of aliphatic hydroxyl groups excluding tert-OH is 1. The van der Waals surface area contributed by atoms with Crippen LogP contribution in [0.1, 0.15) is 30.0 Å². The predicted molar refractivity (Wildman–Crippen MR) is 204 cm³/mol. The molecule has 4 aromatic rings. The van der Waals surface area contributed by atoms with Crippen LogP contribution in [0.15, 0.2) is 102 Å². The van der Waals surface area contributed by atoms with Gasteiger partial charge in [0.15, 0.2) is 20.5 Å². The number of hydrogen-bond acceptors (Lipinski definition) is 7. The van der Waals surface area contributed by atoms with E-state index in [0.29, 0.717) is 34.9 Å². The molecular formula is C40H42BrN3O7Si. The van der Waals surface area contributed by atoms with Crippen molar-refractivity contribution in [3.05, 3.63) is 118 Å². The molecule has 1 fully saturated rings. The van der Waals surface area contributed by atoms with Crippen molar-refractivity contribution in [2.24, 2.45) is 5.92 Å². The molecule has 0 radical (unpaired) electrons. The maximum Gasteiger partial charge on any atom is 0.269 e. The van der Waals surface area contributed by atoms with Gasteiger partial charge in [-0.1, -0.05) is 77.5 Å². The van der Waals surface area contributed by atoms with Crippen LogP contribution < -0.4 is 14.5 Å². The molecule has 0 bridgehead atoms. The lowest BCUT2D eigenvalue weighted by atomic mass is 9.82. The van der Waals surface area contributed by atoms with Gasteiger partial charge in [-0.2, -0.15) is 0 Å². The molecule has 0 saturated carbocycles. The molecule has 3 heterocycles. The fraction of sp³-hybridized carbons (Fsp3) is 0.325. The zero-order valence-electron chi connectivity index (χ0n) is 29.4. The molecule has 4 atom stereocenters. The van der Waals surface area contributed by atoms with Gasteiger partial charge in [-0.3, -0.25) is 19.3 Å². The largest absolute Gasteiger partial charge is 0.482 e. The average Bonchev–Trinajstić information content (AvgIpc) is 3.54. The monoisotopic (exact) mass is 783 g/mol. The first kappa shape index (κ1) is 36.0. The number of ether oxygens (including phenoxy) is 2. The summed E-state index contributed by atoms with van der Waals surface area (Å²) >= 11 is 3.61. The molecule has 0 unspecified atom stereocenters. The van der Waals surface area contributed by atoms with Crippen molar-refractivity contribution in [3.8, 4) is 5.75 Å². The summed E-state index contributed by atoms with van der Waals surface area (Å²) in [6, 6.07) is 30.2. The first-order valence-electron chi connectivity index (χ1n) is 17.5. The number of hydrogen-bond donors (Lipinski definition) is 2. The molecule has 3 aliphatic rings. The van der Waals surface area contributed by atoms with Gasteiger partial charge in [0.25, 0.3) is 11.8 Å². The van der Waals surface area contributed by atoms with Gasteiger partial charge in [-0.15, -0.1) is 0 Å². The van der Waals surface area contributed by atoms with Crippen molar-refractivity contribution in [1.29, 1.82) is 0 Å². The quantitative estimate of drug-likeness (QED) is 0.182. The Morgan fingerprint density at radius 2 is 1.69 bits per heavy atom. The number of carbonyl (C=O) groups is 3. The number of benzene rings is 4. The summed E-state index contributed by atoms with van der Waals surface area (Å²) in [6.07, 6.45) is -0.786. The third kappa shape index (κ3) is 6.47. The zero-order valence-corrected chi connectivity index (χ0v) is 32.0. The van der Waals surface area contributed by atoms with Crippen molar-refractivity contribution in [3.63, 3.8) is 0 Å². The van der Waals surface area contributed by atoms with Crippen LogP contribution in [0.25, 0.3) is 0 Å². The number of anilines is 3. The number of carbonyl (C=O) groups excluding carboxylic acids is 3. The van der Waals surface area contributed by atoms with Gasteiger partial charge in [0.05, 0.1) is 37.1 Å². The normalized spacial score (nSPS) is 22.4. The standard InChI is InChI=1S/C40H42BrN3O7Si/c1-26-38(52(2,3)49)35(22-36(46)42(18-19-45)23-27-10-5-4-6-11-27)51-40(26)31-21-29(41)16-17-32(31)43(39(40)48)24-28-12-9-13-30(20-28)44-33-14-7-8-15-34(33)50-25-37(44)47/h4-17,20-21,26,35,38,45,49H,18-19,22-25H2,1-3H3/t26-,35+,38-,40+/m0/s1. The highest BCUT2D eigenvalue weighted by Gasteiger charge is 2.66. The zero-order chi connectivity index (χ0) is 36.8. The highest BCUT2D eigenvalue weighted by Crippen LogP contribution is 2.60. The summed E-state index contributed by atoms with van der Waals surface area (Å²) in [6.45, 7) is 6.01. The van der Waals surface area contributed by atoms with Crippen molar-refractivity contribution < 1.29 is 33.8 Å². The topological polar surface area (TPSA) is 120 Å². The lowest BCUT2D eigenvalue weighted by Gasteiger charge is -2.33. The van der Waals surface area contributed by atoms with Gasteiger partial charge in [-0.05, 0) is 66.7 Å². The van der Waals surface area contributed by atoms with Gasteiger partial charge in [-0.25, -0.2) is 0 Å². The lowest BCUT2D eigenvalue weighted by Crippen LogP contribution is -2.46. The SMILES string of the molecule is C[C@H]1[C@H]([Si](C)(C)O)[C@@H](CC(=O)N(CCO)Cc2ccccc2)O[C@]12C(=O)N(Cc1cccc(N3C(=O)COc4ccccc43)c1)c1ccc(Br)cc12. The van der Waals surface area contributed by atoms with E-state index < -0.39 is 31.5 Å². The van der Waals surface area contributed by atoms with Crippen LogP contribution >= 0.6 is 15.9 Å². The summed E-state index contributed by atoms with van der Waals surface area (Å²) in [5, 5.41) is 9.85. The van der Waals surface area contributed by atoms with Gasteiger partial charge in [0.2, 0.25) is 5.91 Å². The molecule has 12 heteroatoms. The van der Waals surface area contributed by atoms with Crippen LogP contribution in [0.5, 0.6) is 5.75 Å². The number of para-hydroxylation sites is 2. The second kappa shape index (κ2) is 14.2. The van der Waals surface area contributed by atoms with Crippen molar-refractivity contribution in [2.75, 3.05) is 29.6 Å². The van der Waals surface area contributed by atoms with Gasteiger partial charge < -0.3 is 29.2 Å². The Balaban J connectivity index is 1.21. The summed E-state index contributed by atoms with van der Waals surface area (Å²) in [4.78, 5) is 58.8. The van der Waals surface area contributed by atoms with E-state index in [-0.39, 0.29) is 50.4 Å². The Labute approximate surface area is 312 Å². The van der Waals surface area contributed by atoms with Crippen molar-refractivity contribution in [2.45, 2.75) is 56.8 Å². The van der Waals surface area contributed by atoms with E-state index in [4.69, 9.17) is 9.47 Å². The Hall–Kier alpha value is -4.33. The van der Waals surface area contributed by atoms with E-state index in [1.165, 1.54) is 0 Å². The van der Waals surface area contributed by atoms with Gasteiger partial charge >= 0.3 is 0 Å². The molecule has 0 aliphatic carbocycles. The third-order valence-corrected chi connectivity index (χ3v) is 13.5. The number of nitrogens with zero attached hydrogens (tertiary/aromatic N) is 3. The highest BCUT2D eigenvalue weighted by atomic mass is 79.9. The molecule has 1 saturated heterocycles. The second-order valence-corrected chi connectivity index (χ2v) is 19.2. The third-order valence-electron chi connectivity index (χ3n) is 10.5. The number of rotatable bonds is 10. The van der Waals surface area contributed by atoms with Crippen LogP contribution in [0.4, 0.5) is 17.1 Å². The Morgan fingerprint density at radius 1 is 0.962 bits per heavy atom. The fourth-order valence-electron chi connectivity index (χ4n) is 8.29. The molecule has 52 heavy (non-hydrogen) atoms. The Bertz CT molecular complexity index is 2010. The number of aliphatic hydroxyl groups is 1. The molecular weight excluding hydrogens is 742 g/mol. The minimum Gasteiger partial charge on any atom is -0.482 e. The molecule has 1 spiro atoms. The minimum absolute atomic E-state index is 0.0473. The number of halogens is 1. The lowest BCUT2D eigenvalue weighted by molar-refractivity contribution is -0.150.